The van der Waals surface area contributed by atoms with Crippen LogP contribution in [-0.4, -0.2) is 35.1 Å². The molecule has 1 aliphatic rings. The maximum atomic E-state index is 10.9. The fourth-order valence-corrected chi connectivity index (χ4v) is 2.00. The van der Waals surface area contributed by atoms with Crippen LogP contribution in [0.3, 0.4) is 0 Å². The van der Waals surface area contributed by atoms with E-state index in [9.17, 15) is 9.59 Å². The molecular formula is C10H18N2O3. The van der Waals surface area contributed by atoms with Gasteiger partial charge >= 0.3 is 12.0 Å². The highest BCUT2D eigenvalue weighted by molar-refractivity contribution is 5.71. The minimum Gasteiger partial charge on any atom is -0.481 e. The Balaban J connectivity index is 2.32. The van der Waals surface area contributed by atoms with Gasteiger partial charge in [-0.15, -0.1) is 0 Å². The summed E-state index contributed by atoms with van der Waals surface area (Å²) in [6, 6.07) is -0.367. The molecule has 1 saturated heterocycles. The highest BCUT2D eigenvalue weighted by atomic mass is 16.4. The van der Waals surface area contributed by atoms with Gasteiger partial charge in [-0.2, -0.15) is 0 Å². The fraction of sp³-hybridized carbons (Fsp3) is 0.800. The largest absolute Gasteiger partial charge is 0.481 e. The first-order chi connectivity index (χ1) is 7.09. The number of carboxylic acids is 1. The molecule has 1 fully saturated rings. The number of hydrogen-bond donors (Lipinski definition) is 2. The third-order valence-electron chi connectivity index (χ3n) is 2.93. The van der Waals surface area contributed by atoms with Crippen LogP contribution in [0.2, 0.25) is 0 Å². The lowest BCUT2D eigenvalue weighted by atomic mass is 9.95. The van der Waals surface area contributed by atoms with Gasteiger partial charge < -0.3 is 15.7 Å². The van der Waals surface area contributed by atoms with Crippen molar-refractivity contribution < 1.29 is 14.7 Å². The molecule has 0 aromatic carbocycles. The third kappa shape index (κ3) is 4.18. The van der Waals surface area contributed by atoms with Gasteiger partial charge in [0.2, 0.25) is 0 Å². The van der Waals surface area contributed by atoms with Crippen molar-refractivity contribution in [1.29, 1.82) is 0 Å². The molecule has 3 N–H and O–H groups in total. The first-order valence-corrected chi connectivity index (χ1v) is 5.35. The lowest BCUT2D eigenvalue weighted by molar-refractivity contribution is -0.137. The molecule has 1 atom stereocenters. The van der Waals surface area contributed by atoms with E-state index in [1.165, 1.54) is 0 Å². The second-order valence-corrected chi connectivity index (χ2v) is 4.05. The van der Waals surface area contributed by atoms with Crippen molar-refractivity contribution in [2.24, 2.45) is 11.7 Å². The predicted molar refractivity (Wildman–Crippen MR) is 55.4 cm³/mol. The second-order valence-electron chi connectivity index (χ2n) is 4.05. The van der Waals surface area contributed by atoms with E-state index in [0.29, 0.717) is 25.4 Å². The number of urea groups is 1. The van der Waals surface area contributed by atoms with E-state index in [4.69, 9.17) is 10.8 Å². The number of hydrogen-bond acceptors (Lipinski definition) is 2. The first-order valence-electron chi connectivity index (χ1n) is 5.35. The molecule has 0 aliphatic carbocycles. The van der Waals surface area contributed by atoms with Crippen LogP contribution in [0.15, 0.2) is 0 Å². The Morgan fingerprint density at radius 2 is 2.07 bits per heavy atom. The minimum absolute atomic E-state index is 0.223. The van der Waals surface area contributed by atoms with Gasteiger partial charge in [0, 0.05) is 19.5 Å². The van der Waals surface area contributed by atoms with E-state index in [1.807, 2.05) is 0 Å². The van der Waals surface area contributed by atoms with Crippen molar-refractivity contribution in [2.75, 3.05) is 13.1 Å². The lowest BCUT2D eigenvalue weighted by Crippen LogP contribution is -2.36. The number of aliphatic carboxylic acids is 1. The molecule has 2 amide bonds. The zero-order valence-electron chi connectivity index (χ0n) is 8.82. The van der Waals surface area contributed by atoms with Gasteiger partial charge in [-0.25, -0.2) is 4.79 Å². The van der Waals surface area contributed by atoms with E-state index in [0.717, 1.165) is 19.3 Å². The zero-order valence-corrected chi connectivity index (χ0v) is 8.82. The SMILES string of the molecule is NC(=O)N1CCCC(CCC(=O)O)CC1. The average molecular weight is 214 g/mol. The molecule has 1 aliphatic heterocycles. The molecule has 15 heavy (non-hydrogen) atoms. The summed E-state index contributed by atoms with van der Waals surface area (Å²) >= 11 is 0. The van der Waals surface area contributed by atoms with Crippen molar-refractivity contribution in [1.82, 2.24) is 4.90 Å². The van der Waals surface area contributed by atoms with Gasteiger partial charge in [0.05, 0.1) is 0 Å². The van der Waals surface area contributed by atoms with Crippen LogP contribution < -0.4 is 5.73 Å². The summed E-state index contributed by atoms with van der Waals surface area (Å²) in [5.41, 5.74) is 5.20. The molecule has 86 valence electrons. The summed E-state index contributed by atoms with van der Waals surface area (Å²) in [7, 11) is 0. The van der Waals surface area contributed by atoms with Crippen molar-refractivity contribution in [3.05, 3.63) is 0 Å². The summed E-state index contributed by atoms with van der Waals surface area (Å²) in [4.78, 5) is 23.0. The summed E-state index contributed by atoms with van der Waals surface area (Å²) < 4.78 is 0. The standard InChI is InChI=1S/C10H18N2O3/c11-10(15)12-6-1-2-8(5-7-12)3-4-9(13)14/h8H,1-7H2,(H2,11,15)(H,13,14). The zero-order chi connectivity index (χ0) is 11.3. The average Bonchev–Trinajstić information content (AvgIpc) is 2.39. The lowest BCUT2D eigenvalue weighted by Gasteiger charge is -2.17. The molecule has 0 bridgehead atoms. The number of nitrogens with zero attached hydrogens (tertiary/aromatic N) is 1. The van der Waals surface area contributed by atoms with Crippen molar-refractivity contribution in [3.8, 4) is 0 Å². The summed E-state index contributed by atoms with van der Waals surface area (Å²) in [6.07, 6.45) is 3.73. The van der Waals surface area contributed by atoms with Gasteiger partial charge in [0.25, 0.3) is 0 Å². The Bertz CT molecular complexity index is 243. The molecule has 1 rings (SSSR count). The fourth-order valence-electron chi connectivity index (χ4n) is 2.00. The van der Waals surface area contributed by atoms with E-state index >= 15 is 0 Å². The maximum Gasteiger partial charge on any atom is 0.314 e. The molecule has 0 saturated carbocycles. The molecule has 0 spiro atoms. The Hall–Kier alpha value is -1.26. The molecule has 1 unspecified atom stereocenters. The molecule has 1 heterocycles. The van der Waals surface area contributed by atoms with Crippen LogP contribution in [0.5, 0.6) is 0 Å². The molecule has 0 aromatic rings. The van der Waals surface area contributed by atoms with Crippen molar-refractivity contribution in [2.45, 2.75) is 32.1 Å². The van der Waals surface area contributed by atoms with E-state index in [2.05, 4.69) is 0 Å². The Morgan fingerprint density at radius 3 is 2.67 bits per heavy atom. The van der Waals surface area contributed by atoms with Crippen LogP contribution in [0, 0.1) is 5.92 Å². The normalized spacial score (nSPS) is 22.1. The molecule has 0 radical (unpaired) electrons. The highest BCUT2D eigenvalue weighted by Gasteiger charge is 2.19. The van der Waals surface area contributed by atoms with Gasteiger partial charge in [-0.3, -0.25) is 4.79 Å². The number of amides is 2. The van der Waals surface area contributed by atoms with Crippen molar-refractivity contribution >= 4 is 12.0 Å². The summed E-state index contributed by atoms with van der Waals surface area (Å²) in [5, 5.41) is 8.57. The van der Waals surface area contributed by atoms with E-state index < -0.39 is 5.97 Å². The van der Waals surface area contributed by atoms with Crippen LogP contribution >= 0.6 is 0 Å². The number of primary amides is 1. The topological polar surface area (TPSA) is 83.6 Å². The maximum absolute atomic E-state index is 10.9. The Kier molecular flexibility index (Phi) is 4.39. The quantitative estimate of drug-likeness (QED) is 0.736. The van der Waals surface area contributed by atoms with Crippen LogP contribution in [0.4, 0.5) is 4.79 Å². The predicted octanol–water partition coefficient (Wildman–Crippen LogP) is 1.03. The number of nitrogens with two attached hydrogens (primary N) is 1. The monoisotopic (exact) mass is 214 g/mol. The second kappa shape index (κ2) is 5.58. The molecule has 5 heteroatoms. The van der Waals surface area contributed by atoms with Crippen molar-refractivity contribution in [3.63, 3.8) is 0 Å². The first kappa shape index (κ1) is 11.8. The Labute approximate surface area is 89.2 Å². The van der Waals surface area contributed by atoms with Crippen LogP contribution in [0.25, 0.3) is 0 Å². The van der Waals surface area contributed by atoms with E-state index in [1.54, 1.807) is 4.90 Å². The molecule has 5 nitrogen and oxygen atoms in total. The van der Waals surface area contributed by atoms with Gasteiger partial charge in [0.15, 0.2) is 0 Å². The number of likely N-dealkylation sites (tertiary alicyclic amines) is 1. The van der Waals surface area contributed by atoms with Crippen LogP contribution in [0.1, 0.15) is 32.1 Å². The smallest absolute Gasteiger partial charge is 0.314 e. The van der Waals surface area contributed by atoms with Gasteiger partial charge in [-0.05, 0) is 31.6 Å². The minimum atomic E-state index is -0.744. The molecular weight excluding hydrogens is 196 g/mol. The number of carboxylic acid groups (broad SMARTS) is 1. The Morgan fingerprint density at radius 1 is 1.33 bits per heavy atom. The number of carbonyl (C=O) groups is 2. The van der Waals surface area contributed by atoms with Gasteiger partial charge in [-0.1, -0.05) is 0 Å². The highest BCUT2D eigenvalue weighted by Crippen LogP contribution is 2.21. The number of rotatable bonds is 3. The third-order valence-corrected chi connectivity index (χ3v) is 2.93. The summed E-state index contributed by atoms with van der Waals surface area (Å²) in [6.45, 7) is 1.37. The summed E-state index contributed by atoms with van der Waals surface area (Å²) in [5.74, 6) is -0.323. The molecule has 0 aromatic heterocycles. The number of carbonyl (C=O) groups excluding carboxylic acids is 1. The van der Waals surface area contributed by atoms with Crippen LogP contribution in [-0.2, 0) is 4.79 Å². The van der Waals surface area contributed by atoms with Gasteiger partial charge in [0.1, 0.15) is 0 Å². The van der Waals surface area contributed by atoms with E-state index in [-0.39, 0.29) is 12.5 Å².